The molecule has 2 aromatic rings. The maximum Gasteiger partial charge on any atom is 0.408 e. The lowest BCUT2D eigenvalue weighted by Crippen LogP contribution is -2.57. The third-order valence-electron chi connectivity index (χ3n) is 10.7. The van der Waals surface area contributed by atoms with Crippen LogP contribution < -0.4 is 14.8 Å². The Morgan fingerprint density at radius 2 is 1.81 bits per heavy atom. The molecule has 2 amide bonds. The second kappa shape index (κ2) is 12.5. The number of fused-ring (bicyclic) bond motifs is 6. The number of halogens is 2. The molecule has 1 aromatic carbocycles. The highest BCUT2D eigenvalue weighted by Crippen LogP contribution is 2.58. The van der Waals surface area contributed by atoms with Gasteiger partial charge in [0.15, 0.2) is 11.5 Å². The summed E-state index contributed by atoms with van der Waals surface area (Å²) in [7, 11) is 1.51. The van der Waals surface area contributed by atoms with Gasteiger partial charge in [0, 0.05) is 17.9 Å². The van der Waals surface area contributed by atoms with Gasteiger partial charge in [-0.1, -0.05) is 27.7 Å². The molecule has 0 radical (unpaired) electrons. The Morgan fingerprint density at radius 3 is 2.49 bits per heavy atom. The van der Waals surface area contributed by atoms with Crippen molar-refractivity contribution in [3.63, 3.8) is 0 Å². The predicted octanol–water partition coefficient (Wildman–Crippen LogP) is 6.04. The van der Waals surface area contributed by atoms with Crippen molar-refractivity contribution >= 4 is 28.8 Å². The van der Waals surface area contributed by atoms with E-state index in [1.165, 1.54) is 18.9 Å². The van der Waals surface area contributed by atoms with Gasteiger partial charge in [-0.2, -0.15) is 8.78 Å². The molecule has 2 aliphatic heterocycles. The minimum Gasteiger partial charge on any atom is -0.497 e. The van der Waals surface area contributed by atoms with Crippen LogP contribution >= 0.6 is 0 Å². The van der Waals surface area contributed by atoms with Gasteiger partial charge in [-0.05, 0) is 81.3 Å². The van der Waals surface area contributed by atoms with Gasteiger partial charge in [0.05, 0.1) is 30.7 Å². The third kappa shape index (κ3) is 6.36. The molecule has 8 atom stereocenters. The zero-order chi connectivity index (χ0) is 33.8. The van der Waals surface area contributed by atoms with Crippen LogP contribution in [0.15, 0.2) is 18.2 Å². The van der Waals surface area contributed by atoms with Gasteiger partial charge in [0.1, 0.15) is 24.0 Å². The number of carbonyl (C=O) groups is 3. The van der Waals surface area contributed by atoms with Gasteiger partial charge >= 0.3 is 6.09 Å². The number of ether oxygens (including phenoxy) is 3. The third-order valence-corrected chi connectivity index (χ3v) is 10.7. The minimum absolute atomic E-state index is 0.0511. The minimum atomic E-state index is -3.33. The van der Waals surface area contributed by atoms with Gasteiger partial charge in [-0.3, -0.25) is 9.59 Å². The van der Waals surface area contributed by atoms with E-state index in [1.807, 2.05) is 27.7 Å². The van der Waals surface area contributed by atoms with Crippen molar-refractivity contribution in [1.82, 2.24) is 20.2 Å². The van der Waals surface area contributed by atoms with E-state index >= 15 is 8.78 Å². The number of Topliss-reactive ketones (excluding diaryl/α,β-unsaturated/α-hetero) is 1. The molecule has 6 rings (SSSR count). The van der Waals surface area contributed by atoms with E-state index in [0.29, 0.717) is 48.9 Å². The number of nitrogens with one attached hydrogen (secondary N) is 1. The molecule has 2 saturated carbocycles. The molecule has 1 saturated heterocycles. The largest absolute Gasteiger partial charge is 0.497 e. The maximum atomic E-state index is 16.5. The molecule has 10 nitrogen and oxygen atoms in total. The summed E-state index contributed by atoms with van der Waals surface area (Å²) in [5.41, 5.74) is -0.630. The average Bonchev–Trinajstić information content (AvgIpc) is 3.53. The lowest BCUT2D eigenvalue weighted by molar-refractivity contribution is -0.141. The fourth-order valence-corrected chi connectivity index (χ4v) is 8.03. The zero-order valence-corrected chi connectivity index (χ0v) is 28.1. The molecule has 0 spiro atoms. The number of nitrogens with zero attached hydrogens (tertiary/aromatic N) is 3. The Bertz CT molecular complexity index is 1550. The molecule has 1 N–H and O–H groups in total. The van der Waals surface area contributed by atoms with Crippen molar-refractivity contribution in [1.29, 1.82) is 0 Å². The van der Waals surface area contributed by atoms with Crippen LogP contribution in [0.4, 0.5) is 13.6 Å². The van der Waals surface area contributed by atoms with Crippen molar-refractivity contribution in [3.8, 4) is 11.6 Å². The summed E-state index contributed by atoms with van der Waals surface area (Å²) in [5, 5.41) is 2.84. The second-order valence-electron chi connectivity index (χ2n) is 14.9. The maximum absolute atomic E-state index is 16.5. The number of hydrogen-bond donors (Lipinski definition) is 1. The number of hydrogen-bond acceptors (Lipinski definition) is 8. The summed E-state index contributed by atoms with van der Waals surface area (Å²) in [6.45, 7) is 8.74. The number of rotatable bonds is 3. The summed E-state index contributed by atoms with van der Waals surface area (Å²) in [4.78, 5) is 51.3. The topological polar surface area (TPSA) is 120 Å². The number of benzene rings is 1. The highest BCUT2D eigenvalue weighted by molar-refractivity contribution is 5.92. The first-order valence-electron chi connectivity index (χ1n) is 16.9. The number of methoxy groups -OCH3 is 1. The molecule has 2 unspecified atom stereocenters. The van der Waals surface area contributed by atoms with Crippen molar-refractivity contribution in [3.05, 3.63) is 23.9 Å². The Kier molecular flexibility index (Phi) is 8.84. The average molecular weight is 657 g/mol. The number of amides is 2. The van der Waals surface area contributed by atoms with Gasteiger partial charge < -0.3 is 24.4 Å². The van der Waals surface area contributed by atoms with E-state index < -0.39 is 59.1 Å². The lowest BCUT2D eigenvalue weighted by atomic mass is 9.85. The monoisotopic (exact) mass is 656 g/mol. The van der Waals surface area contributed by atoms with Crippen LogP contribution in [-0.4, -0.2) is 70.6 Å². The second-order valence-corrected chi connectivity index (χ2v) is 14.9. The van der Waals surface area contributed by atoms with Gasteiger partial charge in [-0.15, -0.1) is 0 Å². The molecule has 47 heavy (non-hydrogen) atoms. The van der Waals surface area contributed by atoms with Crippen LogP contribution in [0.5, 0.6) is 11.6 Å². The van der Waals surface area contributed by atoms with Crippen LogP contribution in [0.2, 0.25) is 0 Å². The van der Waals surface area contributed by atoms with E-state index in [-0.39, 0.29) is 36.1 Å². The van der Waals surface area contributed by atoms with E-state index in [9.17, 15) is 14.4 Å². The smallest absolute Gasteiger partial charge is 0.408 e. The molecule has 2 aliphatic carbocycles. The molecule has 4 aliphatic rings. The van der Waals surface area contributed by atoms with E-state index in [1.54, 1.807) is 18.2 Å². The quantitative estimate of drug-likeness (QED) is 0.425. The van der Waals surface area contributed by atoms with Gasteiger partial charge in [0.25, 0.3) is 5.92 Å². The first-order chi connectivity index (χ1) is 22.2. The van der Waals surface area contributed by atoms with Crippen molar-refractivity contribution < 1.29 is 37.4 Å². The fourth-order valence-electron chi connectivity index (χ4n) is 8.03. The van der Waals surface area contributed by atoms with Crippen LogP contribution in [0.3, 0.4) is 0 Å². The first kappa shape index (κ1) is 33.3. The van der Waals surface area contributed by atoms with Crippen molar-refractivity contribution in [2.45, 2.75) is 110 Å². The lowest BCUT2D eigenvalue weighted by Gasteiger charge is -2.35. The van der Waals surface area contributed by atoms with E-state index in [2.05, 4.69) is 15.3 Å². The van der Waals surface area contributed by atoms with Crippen molar-refractivity contribution in [2.24, 2.45) is 29.1 Å². The number of alkyl halides is 2. The number of aromatic nitrogens is 2. The Labute approximate surface area is 274 Å². The van der Waals surface area contributed by atoms with Crippen LogP contribution in [0.25, 0.3) is 11.0 Å². The summed E-state index contributed by atoms with van der Waals surface area (Å²) >= 11 is 0. The summed E-state index contributed by atoms with van der Waals surface area (Å²) in [6, 6.07) is 2.98. The standard InChI is InChI=1S/C35H46F2N4O6/c1-7-22-27-17-41(28(22)18(2)42)32(43)30(34(3,4)5)40-33(44)47-26-10-8-9-19(26)11-12-20-15-23(20)35(36,37)29-31(46-27)39-25-16-21(45-6)13-14-24(25)38-29/h13-14,16,19-20,22-23,26-28,30H,7-12,15,17H2,1-6H3,(H,40,44)/t19-,20?,22+,23?,26+,27-,28+,30+/m0/s1. The SMILES string of the molecule is CC[C@@H]1[C@@H]2CN(C(=O)[C@H](C(C)(C)C)NC(=O)O[C@@H]3CCC[C@H]3CCC3CC3C(F)(F)c3nc4ccc(OC)cc4nc3O2)[C@@H]1C(C)=O. The van der Waals surface area contributed by atoms with Crippen LogP contribution in [0, 0.1) is 29.1 Å². The van der Waals surface area contributed by atoms with Crippen LogP contribution in [-0.2, 0) is 20.2 Å². The molecule has 12 heteroatoms. The molecule has 3 heterocycles. The van der Waals surface area contributed by atoms with E-state index in [4.69, 9.17) is 14.2 Å². The van der Waals surface area contributed by atoms with Gasteiger partial charge in [0.2, 0.25) is 11.8 Å². The Hall–Kier alpha value is -3.57. The molecule has 3 fully saturated rings. The van der Waals surface area contributed by atoms with Crippen LogP contribution in [0.1, 0.15) is 85.3 Å². The van der Waals surface area contributed by atoms with Crippen molar-refractivity contribution in [2.75, 3.05) is 13.7 Å². The number of carbonyl (C=O) groups excluding carboxylic acids is 3. The highest BCUT2D eigenvalue weighted by Gasteiger charge is 2.58. The molecular weight excluding hydrogens is 610 g/mol. The Morgan fingerprint density at radius 1 is 1.06 bits per heavy atom. The fraction of sp³-hybridized carbons (Fsp3) is 0.686. The normalized spacial score (nSPS) is 32.6. The summed E-state index contributed by atoms with van der Waals surface area (Å²) < 4.78 is 50.7. The molecular formula is C35H46F2N4O6. The summed E-state index contributed by atoms with van der Waals surface area (Å²) in [5.74, 6) is -5.45. The molecule has 2 bridgehead atoms. The highest BCUT2D eigenvalue weighted by atomic mass is 19.3. The number of alkyl carbamates (subject to hydrolysis) is 1. The predicted molar refractivity (Wildman–Crippen MR) is 169 cm³/mol. The van der Waals surface area contributed by atoms with Gasteiger partial charge in [-0.25, -0.2) is 14.8 Å². The first-order valence-corrected chi connectivity index (χ1v) is 16.9. The molecule has 256 valence electrons. The zero-order valence-electron chi connectivity index (χ0n) is 28.1. The summed E-state index contributed by atoms with van der Waals surface area (Å²) in [6.07, 6.45) is 2.57. The number of ketones is 1. The Balaban J connectivity index is 1.45. The van der Waals surface area contributed by atoms with E-state index in [0.717, 1.165) is 12.8 Å². The molecule has 1 aromatic heterocycles.